The zero-order chi connectivity index (χ0) is 12.1. The summed E-state index contributed by atoms with van der Waals surface area (Å²) in [4.78, 5) is 28.6. The lowest BCUT2D eigenvalue weighted by Crippen LogP contribution is -2.25. The Bertz CT molecular complexity index is 545. The molecule has 0 aliphatic rings. The van der Waals surface area contributed by atoms with Crippen LogP contribution in [0.1, 0.15) is 11.4 Å². The second-order valence-electron chi connectivity index (χ2n) is 3.44. The molecule has 3 N–H and O–H groups in total. The number of hydrogen-bond donors (Lipinski definition) is 3. The van der Waals surface area contributed by atoms with Gasteiger partial charge in [-0.3, -0.25) is 14.8 Å². The Kier molecular flexibility index (Phi) is 3.29. The minimum atomic E-state index is -0.387. The monoisotopic (exact) mass is 233 g/mol. The number of nitrogens with one attached hydrogen (secondary N) is 3. The molecule has 0 aliphatic heterocycles. The molecule has 7 heteroatoms. The van der Waals surface area contributed by atoms with Gasteiger partial charge in [-0.25, -0.2) is 9.89 Å². The first kappa shape index (κ1) is 11.1. The second kappa shape index (κ2) is 5.06. The van der Waals surface area contributed by atoms with Gasteiger partial charge in [0.25, 0.3) is 0 Å². The van der Waals surface area contributed by atoms with E-state index in [0.717, 1.165) is 5.56 Å². The third-order valence-electron chi connectivity index (χ3n) is 2.09. The smallest absolute Gasteiger partial charge is 0.340 e. The lowest BCUT2D eigenvalue weighted by atomic mass is 10.2. The van der Waals surface area contributed by atoms with E-state index in [9.17, 15) is 9.59 Å². The van der Waals surface area contributed by atoms with Crippen molar-refractivity contribution in [1.29, 1.82) is 0 Å². The van der Waals surface area contributed by atoms with Gasteiger partial charge in [-0.05, 0) is 11.6 Å². The van der Waals surface area contributed by atoms with E-state index in [4.69, 9.17) is 0 Å². The van der Waals surface area contributed by atoms with Gasteiger partial charge in [0.2, 0.25) is 5.91 Å². The number of rotatable bonds is 4. The van der Waals surface area contributed by atoms with Gasteiger partial charge in [-0.2, -0.15) is 5.10 Å². The number of nitrogens with zero attached hydrogens (tertiary/aromatic N) is 2. The molecule has 0 atom stereocenters. The first-order chi connectivity index (χ1) is 8.24. The van der Waals surface area contributed by atoms with Crippen LogP contribution in [-0.2, 0) is 17.8 Å². The predicted octanol–water partition coefficient (Wildman–Crippen LogP) is -0.648. The van der Waals surface area contributed by atoms with E-state index in [-0.39, 0.29) is 24.6 Å². The number of aromatic amines is 2. The van der Waals surface area contributed by atoms with Crippen LogP contribution < -0.4 is 11.0 Å². The van der Waals surface area contributed by atoms with Crippen molar-refractivity contribution in [3.63, 3.8) is 0 Å². The molecule has 2 rings (SSSR count). The summed E-state index contributed by atoms with van der Waals surface area (Å²) in [5.74, 6) is 0.247. The van der Waals surface area contributed by atoms with Crippen LogP contribution in [0.2, 0.25) is 0 Å². The molecule has 2 heterocycles. The molecule has 0 saturated heterocycles. The summed E-state index contributed by atoms with van der Waals surface area (Å²) in [5.41, 5.74) is 0.446. The normalized spacial score (nSPS) is 10.1. The van der Waals surface area contributed by atoms with Crippen molar-refractivity contribution < 1.29 is 4.79 Å². The molecule has 0 fully saturated rings. The molecule has 0 aromatic carbocycles. The average Bonchev–Trinajstić information content (AvgIpc) is 2.74. The van der Waals surface area contributed by atoms with Crippen LogP contribution in [0.25, 0.3) is 0 Å². The molecule has 0 aliphatic carbocycles. The van der Waals surface area contributed by atoms with Gasteiger partial charge >= 0.3 is 5.69 Å². The highest BCUT2D eigenvalue weighted by Crippen LogP contribution is 1.96. The molecule has 7 nitrogen and oxygen atoms in total. The molecule has 17 heavy (non-hydrogen) atoms. The molecule has 2 aromatic rings. The van der Waals surface area contributed by atoms with E-state index in [1.165, 1.54) is 0 Å². The van der Waals surface area contributed by atoms with Crippen molar-refractivity contribution in [1.82, 2.24) is 25.5 Å². The lowest BCUT2D eigenvalue weighted by Gasteiger charge is -2.02. The summed E-state index contributed by atoms with van der Waals surface area (Å²) in [6.07, 6.45) is 3.54. The summed E-state index contributed by atoms with van der Waals surface area (Å²) in [6, 6.07) is 3.59. The van der Waals surface area contributed by atoms with Crippen molar-refractivity contribution in [3.05, 3.63) is 46.4 Å². The number of pyridine rings is 1. The highest BCUT2D eigenvalue weighted by Gasteiger charge is 2.04. The van der Waals surface area contributed by atoms with Crippen LogP contribution >= 0.6 is 0 Å². The summed E-state index contributed by atoms with van der Waals surface area (Å²) in [7, 11) is 0. The van der Waals surface area contributed by atoms with Crippen LogP contribution in [0.5, 0.6) is 0 Å². The second-order valence-corrected chi connectivity index (χ2v) is 3.44. The Labute approximate surface area is 96.3 Å². The molecule has 0 unspecified atom stereocenters. The Morgan fingerprint density at radius 2 is 2.35 bits per heavy atom. The first-order valence-electron chi connectivity index (χ1n) is 5.03. The van der Waals surface area contributed by atoms with Gasteiger partial charge in [0, 0.05) is 12.4 Å². The number of aromatic nitrogens is 4. The van der Waals surface area contributed by atoms with E-state index in [1.54, 1.807) is 18.5 Å². The van der Waals surface area contributed by atoms with Crippen LogP contribution in [0.3, 0.4) is 0 Å². The number of hydrogen-bond acceptors (Lipinski definition) is 4. The van der Waals surface area contributed by atoms with E-state index >= 15 is 0 Å². The Morgan fingerprint density at radius 3 is 3.00 bits per heavy atom. The fraction of sp³-hybridized carbons (Fsp3) is 0.200. The topological polar surface area (TPSA) is 104 Å². The molecule has 0 radical (unpaired) electrons. The highest BCUT2D eigenvalue weighted by molar-refractivity contribution is 5.78. The van der Waals surface area contributed by atoms with E-state index in [2.05, 4.69) is 25.5 Å². The molecule has 88 valence electrons. The van der Waals surface area contributed by atoms with Crippen molar-refractivity contribution in [3.8, 4) is 0 Å². The fourth-order valence-electron chi connectivity index (χ4n) is 1.32. The Hall–Kier alpha value is -2.44. The average molecular weight is 233 g/mol. The van der Waals surface area contributed by atoms with E-state index in [0.29, 0.717) is 5.82 Å². The molecule has 0 bridgehead atoms. The van der Waals surface area contributed by atoms with Crippen LogP contribution in [0.4, 0.5) is 0 Å². The van der Waals surface area contributed by atoms with Crippen LogP contribution in [-0.4, -0.2) is 26.1 Å². The quantitative estimate of drug-likeness (QED) is 0.652. The van der Waals surface area contributed by atoms with Crippen molar-refractivity contribution in [2.75, 3.05) is 0 Å². The molecule has 0 spiro atoms. The minimum absolute atomic E-state index is 0.151. The van der Waals surface area contributed by atoms with Gasteiger partial charge in [0.05, 0.1) is 13.0 Å². The largest absolute Gasteiger partial charge is 0.349 e. The Balaban J connectivity index is 1.84. The maximum atomic E-state index is 11.5. The zero-order valence-corrected chi connectivity index (χ0v) is 8.93. The van der Waals surface area contributed by atoms with Gasteiger partial charge in [-0.15, -0.1) is 0 Å². The van der Waals surface area contributed by atoms with E-state index < -0.39 is 0 Å². The summed E-state index contributed by atoms with van der Waals surface area (Å²) < 4.78 is 0. The lowest BCUT2D eigenvalue weighted by molar-refractivity contribution is -0.120. The summed E-state index contributed by atoms with van der Waals surface area (Å²) >= 11 is 0. The summed E-state index contributed by atoms with van der Waals surface area (Å²) in [6.45, 7) is 0.192. The Morgan fingerprint density at radius 1 is 1.47 bits per heavy atom. The van der Waals surface area contributed by atoms with E-state index in [1.807, 2.05) is 6.07 Å². The number of amides is 1. The maximum Gasteiger partial charge on any atom is 0.340 e. The molecular formula is C10H11N5O2. The van der Waals surface area contributed by atoms with Crippen molar-refractivity contribution in [2.24, 2.45) is 0 Å². The van der Waals surface area contributed by atoms with Gasteiger partial charge in [-0.1, -0.05) is 6.07 Å². The number of carbonyl (C=O) groups excluding carboxylic acids is 1. The maximum absolute atomic E-state index is 11.5. The van der Waals surface area contributed by atoms with Gasteiger partial charge < -0.3 is 5.32 Å². The number of H-pyrrole nitrogens is 2. The molecular weight excluding hydrogens is 222 g/mol. The first-order valence-corrected chi connectivity index (χ1v) is 5.03. The zero-order valence-electron chi connectivity index (χ0n) is 8.93. The number of carbonyl (C=O) groups is 1. The minimum Gasteiger partial charge on any atom is -0.349 e. The van der Waals surface area contributed by atoms with Crippen LogP contribution in [0.15, 0.2) is 29.3 Å². The third-order valence-corrected chi connectivity index (χ3v) is 2.09. The van der Waals surface area contributed by atoms with Crippen molar-refractivity contribution in [2.45, 2.75) is 13.0 Å². The molecule has 0 saturated carbocycles. The van der Waals surface area contributed by atoms with Gasteiger partial charge in [0.15, 0.2) is 0 Å². The molecule has 2 aromatic heterocycles. The fourth-order valence-corrected chi connectivity index (χ4v) is 1.32. The van der Waals surface area contributed by atoms with Crippen LogP contribution in [0, 0.1) is 0 Å². The third kappa shape index (κ3) is 3.26. The van der Waals surface area contributed by atoms with Gasteiger partial charge in [0.1, 0.15) is 5.82 Å². The molecule has 1 amide bonds. The SMILES string of the molecule is O=C(Cc1cccnc1)NCc1n[nH]c(=O)[nH]1. The predicted molar refractivity (Wildman–Crippen MR) is 59.0 cm³/mol. The standard InChI is InChI=1S/C10H11N5O2/c16-9(4-7-2-1-3-11-5-7)12-6-8-13-10(17)15-14-8/h1-3,5H,4,6H2,(H,12,16)(H2,13,14,15,17). The highest BCUT2D eigenvalue weighted by atomic mass is 16.2. The summed E-state index contributed by atoms with van der Waals surface area (Å²) in [5, 5.41) is 8.54. The van der Waals surface area contributed by atoms with Crippen molar-refractivity contribution >= 4 is 5.91 Å².